The van der Waals surface area contributed by atoms with Crippen molar-refractivity contribution in [1.29, 1.82) is 5.26 Å². The first kappa shape index (κ1) is 30.4. The number of benzene rings is 2. The Kier molecular flexibility index (Phi) is 9.57. The molecule has 1 atom stereocenters. The van der Waals surface area contributed by atoms with E-state index in [-0.39, 0.29) is 24.3 Å². The lowest BCUT2D eigenvalue weighted by molar-refractivity contribution is -0.139. The number of methoxy groups -OCH3 is 3. The van der Waals surface area contributed by atoms with Crippen molar-refractivity contribution in [3.63, 3.8) is 0 Å². The van der Waals surface area contributed by atoms with E-state index in [4.69, 9.17) is 28.9 Å². The zero-order valence-electron chi connectivity index (χ0n) is 22.7. The van der Waals surface area contributed by atoms with Crippen molar-refractivity contribution in [2.75, 3.05) is 34.5 Å². The Morgan fingerprint density at radius 1 is 1.10 bits per heavy atom. The van der Waals surface area contributed by atoms with Crippen LogP contribution in [-0.4, -0.2) is 45.1 Å². The monoisotopic (exact) mass is 705 g/mol. The summed E-state index contributed by atoms with van der Waals surface area (Å²) in [6.07, 6.45) is 1.70. The van der Waals surface area contributed by atoms with Crippen LogP contribution >= 0.6 is 43.2 Å². The van der Waals surface area contributed by atoms with E-state index in [1.807, 2.05) is 6.07 Å². The van der Waals surface area contributed by atoms with E-state index in [9.17, 15) is 9.59 Å². The predicted molar refractivity (Wildman–Crippen MR) is 159 cm³/mol. The third-order valence-electron chi connectivity index (χ3n) is 6.15. The number of thiazole rings is 1. The number of carbonyl (C=O) groups is 1. The lowest BCUT2D eigenvalue weighted by Crippen LogP contribution is -2.40. The number of nitriles is 1. The molecule has 1 aliphatic heterocycles. The second-order valence-electron chi connectivity index (χ2n) is 8.51. The number of fused-ring (bicyclic) bond motifs is 1. The second-order valence-corrected chi connectivity index (χ2v) is 11.2. The summed E-state index contributed by atoms with van der Waals surface area (Å²) in [4.78, 5) is 32.3. The maximum atomic E-state index is 14.0. The number of allylic oxidation sites excluding steroid dienone is 1. The van der Waals surface area contributed by atoms with Gasteiger partial charge in [0.15, 0.2) is 34.4 Å². The van der Waals surface area contributed by atoms with Crippen molar-refractivity contribution < 1.29 is 28.5 Å². The van der Waals surface area contributed by atoms with E-state index in [1.54, 1.807) is 44.2 Å². The average molecular weight is 707 g/mol. The topological polar surface area (TPSA) is 121 Å². The summed E-state index contributed by atoms with van der Waals surface area (Å²) in [5.74, 6) is 1.11. The molecule has 0 N–H and O–H groups in total. The highest BCUT2D eigenvalue weighted by molar-refractivity contribution is 9.10. The van der Waals surface area contributed by atoms with E-state index in [2.05, 4.69) is 36.9 Å². The molecule has 0 bridgehead atoms. The highest BCUT2D eigenvalue weighted by Gasteiger charge is 2.35. The molecule has 1 aliphatic rings. The molecule has 214 valence electrons. The maximum Gasteiger partial charge on any atom is 0.338 e. The van der Waals surface area contributed by atoms with Gasteiger partial charge in [0, 0.05) is 4.47 Å². The Bertz CT molecular complexity index is 1770. The number of carbonyl (C=O) groups excluding carboxylic acids is 1. The second kappa shape index (κ2) is 12.9. The summed E-state index contributed by atoms with van der Waals surface area (Å²) in [5, 5.41) is 8.89. The van der Waals surface area contributed by atoms with Crippen molar-refractivity contribution in [2.45, 2.75) is 19.9 Å². The molecule has 3 aromatic rings. The van der Waals surface area contributed by atoms with Gasteiger partial charge in [-0.25, -0.2) is 9.79 Å². The quantitative estimate of drug-likeness (QED) is 0.303. The van der Waals surface area contributed by atoms with Crippen LogP contribution in [0.2, 0.25) is 0 Å². The van der Waals surface area contributed by atoms with Gasteiger partial charge in [-0.05, 0) is 71.2 Å². The van der Waals surface area contributed by atoms with Gasteiger partial charge in [-0.15, -0.1) is 0 Å². The van der Waals surface area contributed by atoms with Crippen molar-refractivity contribution >= 4 is 55.2 Å². The molecule has 0 saturated carbocycles. The van der Waals surface area contributed by atoms with Crippen LogP contribution in [0.4, 0.5) is 0 Å². The number of aromatic nitrogens is 1. The summed E-state index contributed by atoms with van der Waals surface area (Å²) in [6.45, 7) is 3.44. The first-order valence-corrected chi connectivity index (χ1v) is 14.6. The molecule has 0 spiro atoms. The minimum absolute atomic E-state index is 0.152. The minimum atomic E-state index is -0.857. The van der Waals surface area contributed by atoms with Gasteiger partial charge in [0.1, 0.15) is 6.07 Å². The van der Waals surface area contributed by atoms with Gasteiger partial charge in [0.25, 0.3) is 5.56 Å². The molecule has 0 radical (unpaired) electrons. The van der Waals surface area contributed by atoms with Gasteiger partial charge in [-0.1, -0.05) is 27.3 Å². The Morgan fingerprint density at radius 3 is 2.41 bits per heavy atom. The fraction of sp³-hybridized carbons (Fsp3) is 0.286. The summed E-state index contributed by atoms with van der Waals surface area (Å²) < 4.78 is 30.3. The first-order chi connectivity index (χ1) is 19.7. The molecule has 0 saturated heterocycles. The fourth-order valence-corrected chi connectivity index (χ4v) is 6.54. The van der Waals surface area contributed by atoms with Crippen LogP contribution in [0.15, 0.2) is 54.3 Å². The third kappa shape index (κ3) is 5.91. The van der Waals surface area contributed by atoms with E-state index in [0.717, 1.165) is 0 Å². The first-order valence-electron chi connectivity index (χ1n) is 12.2. The molecule has 2 heterocycles. The Morgan fingerprint density at radius 2 is 1.78 bits per heavy atom. The maximum absolute atomic E-state index is 14.0. The van der Waals surface area contributed by atoms with Gasteiger partial charge < -0.3 is 23.7 Å². The Hall–Kier alpha value is -3.60. The van der Waals surface area contributed by atoms with Crippen molar-refractivity contribution in [2.24, 2.45) is 4.99 Å². The van der Waals surface area contributed by atoms with Gasteiger partial charge in [0.2, 0.25) is 0 Å². The van der Waals surface area contributed by atoms with E-state index < -0.39 is 12.0 Å². The van der Waals surface area contributed by atoms with Crippen LogP contribution in [0.1, 0.15) is 31.0 Å². The van der Waals surface area contributed by atoms with E-state index >= 15 is 0 Å². The zero-order valence-corrected chi connectivity index (χ0v) is 26.7. The molecule has 0 fully saturated rings. The average Bonchev–Trinajstić information content (AvgIpc) is 3.25. The van der Waals surface area contributed by atoms with Crippen LogP contribution in [0, 0.1) is 11.3 Å². The highest BCUT2D eigenvalue weighted by atomic mass is 79.9. The number of hydrogen-bond acceptors (Lipinski definition) is 10. The highest BCUT2D eigenvalue weighted by Crippen LogP contribution is 2.41. The van der Waals surface area contributed by atoms with Crippen LogP contribution in [0.5, 0.6) is 23.0 Å². The molecule has 41 heavy (non-hydrogen) atoms. The zero-order chi connectivity index (χ0) is 29.8. The number of nitrogens with zero attached hydrogens (tertiary/aromatic N) is 3. The van der Waals surface area contributed by atoms with E-state index in [0.29, 0.717) is 58.1 Å². The fourth-order valence-electron chi connectivity index (χ4n) is 4.38. The summed E-state index contributed by atoms with van der Waals surface area (Å²) in [5.41, 5.74) is 1.56. The van der Waals surface area contributed by atoms with Crippen LogP contribution in [0.25, 0.3) is 6.08 Å². The van der Waals surface area contributed by atoms with Crippen molar-refractivity contribution in [3.05, 3.63) is 75.3 Å². The summed E-state index contributed by atoms with van der Waals surface area (Å²) in [7, 11) is 4.52. The molecule has 0 unspecified atom stereocenters. The Labute approximate surface area is 256 Å². The summed E-state index contributed by atoms with van der Waals surface area (Å²) >= 11 is 8.24. The lowest BCUT2D eigenvalue weighted by atomic mass is 9.95. The smallest absolute Gasteiger partial charge is 0.338 e. The van der Waals surface area contributed by atoms with Crippen LogP contribution in [-0.2, 0) is 9.53 Å². The third-order valence-corrected chi connectivity index (χ3v) is 8.40. The molecule has 13 heteroatoms. The standard InChI is InChI=1S/C28H25Br2N3O7S/c1-6-39-27(35)23-14(2)32-28-33(24(23)16-12-19(36-3)20(37-4)13-17(16)29)26(34)22(41-28)11-15-9-18(30)25(40-8-7-31)21(10-15)38-5/h9-13,24H,6,8H2,1-5H3/b22-11-/t24-/m1/s1. The molecular formula is C28H25Br2N3O7S. The predicted octanol–water partition coefficient (Wildman–Crippen LogP) is 4.25. The molecular weight excluding hydrogens is 682 g/mol. The molecule has 0 amide bonds. The normalized spacial score (nSPS) is 14.6. The molecule has 2 aromatic carbocycles. The number of hydrogen-bond donors (Lipinski definition) is 0. The number of halogens is 2. The Balaban J connectivity index is 1.97. The van der Waals surface area contributed by atoms with Gasteiger partial charge in [-0.3, -0.25) is 9.36 Å². The number of rotatable bonds is 9. The van der Waals surface area contributed by atoms with Crippen molar-refractivity contribution in [1.82, 2.24) is 4.57 Å². The van der Waals surface area contributed by atoms with E-state index in [1.165, 1.54) is 37.2 Å². The minimum Gasteiger partial charge on any atom is -0.493 e. The SMILES string of the molecule is CCOC(=O)C1=C(C)N=c2s/c(=C\c3cc(Br)c(OCC#N)c(OC)c3)c(=O)n2[C@@H]1c1cc(OC)c(OC)cc1Br. The van der Waals surface area contributed by atoms with Gasteiger partial charge >= 0.3 is 5.97 Å². The number of ether oxygens (including phenoxy) is 5. The summed E-state index contributed by atoms with van der Waals surface area (Å²) in [6, 6.07) is 7.98. The van der Waals surface area contributed by atoms with Crippen LogP contribution < -0.4 is 33.8 Å². The molecule has 10 nitrogen and oxygen atoms in total. The lowest BCUT2D eigenvalue weighted by Gasteiger charge is -2.26. The molecule has 1 aromatic heterocycles. The van der Waals surface area contributed by atoms with Crippen molar-refractivity contribution in [3.8, 4) is 29.1 Å². The molecule has 0 aliphatic carbocycles. The molecule has 4 rings (SSSR count). The van der Waals surface area contributed by atoms with Crippen LogP contribution in [0.3, 0.4) is 0 Å². The number of esters is 1. The van der Waals surface area contributed by atoms with Gasteiger partial charge in [-0.2, -0.15) is 5.26 Å². The van der Waals surface area contributed by atoms with Gasteiger partial charge in [0.05, 0.1) is 54.3 Å². The largest absolute Gasteiger partial charge is 0.493 e.